The molecule has 0 aromatic carbocycles. The summed E-state index contributed by atoms with van der Waals surface area (Å²) in [4.78, 5) is 6.51. The van der Waals surface area contributed by atoms with Gasteiger partial charge in [-0.25, -0.2) is 0 Å². The first kappa shape index (κ1) is 9.62. The van der Waals surface area contributed by atoms with Crippen molar-refractivity contribution in [3.05, 3.63) is 30.1 Å². The molecule has 3 nitrogen and oxygen atoms in total. The van der Waals surface area contributed by atoms with Gasteiger partial charge in [-0.1, -0.05) is 6.07 Å². The summed E-state index contributed by atoms with van der Waals surface area (Å²) in [6.07, 6.45) is 3.78. The Morgan fingerprint density at radius 3 is 3.07 bits per heavy atom. The monoisotopic (exact) mass is 191 g/mol. The van der Waals surface area contributed by atoms with Crippen LogP contribution < -0.4 is 5.73 Å². The van der Waals surface area contributed by atoms with Gasteiger partial charge in [0.2, 0.25) is 0 Å². The van der Waals surface area contributed by atoms with E-state index in [1.165, 1.54) is 5.56 Å². The van der Waals surface area contributed by atoms with Crippen LogP contribution in [-0.2, 0) is 0 Å². The van der Waals surface area contributed by atoms with Gasteiger partial charge in [0.15, 0.2) is 0 Å². The summed E-state index contributed by atoms with van der Waals surface area (Å²) in [5.41, 5.74) is 7.10. The Kier molecular flexibility index (Phi) is 2.79. The second-order valence-electron chi connectivity index (χ2n) is 4.11. The summed E-state index contributed by atoms with van der Waals surface area (Å²) in [5.74, 6) is 1.16. The van der Waals surface area contributed by atoms with Gasteiger partial charge in [-0.2, -0.15) is 0 Å². The molecule has 1 fully saturated rings. The van der Waals surface area contributed by atoms with Gasteiger partial charge in [0, 0.05) is 31.4 Å². The Morgan fingerprint density at radius 2 is 2.43 bits per heavy atom. The molecule has 3 heteroatoms. The van der Waals surface area contributed by atoms with Crippen molar-refractivity contribution in [3.63, 3.8) is 0 Å². The van der Waals surface area contributed by atoms with Gasteiger partial charge in [0.05, 0.1) is 0 Å². The molecule has 0 amide bonds. The minimum Gasteiger partial charge on any atom is -0.330 e. The number of aromatic nitrogens is 1. The van der Waals surface area contributed by atoms with Crippen molar-refractivity contribution in [2.75, 3.05) is 26.7 Å². The number of hydrogen-bond donors (Lipinski definition) is 1. The molecule has 0 saturated carbocycles. The fourth-order valence-electron chi connectivity index (χ4n) is 2.30. The maximum atomic E-state index is 5.78. The number of nitrogens with two attached hydrogens (primary N) is 1. The predicted octanol–water partition coefficient (Wildman–Crippen LogP) is 0.685. The molecule has 0 aliphatic carbocycles. The highest BCUT2D eigenvalue weighted by Crippen LogP contribution is 2.30. The lowest BCUT2D eigenvalue weighted by atomic mass is 9.90. The third-order valence-electron chi connectivity index (χ3n) is 3.04. The molecule has 1 saturated heterocycles. The fraction of sp³-hybridized carbons (Fsp3) is 0.545. The average molecular weight is 191 g/mol. The van der Waals surface area contributed by atoms with E-state index in [-0.39, 0.29) is 0 Å². The number of rotatable bonds is 2. The zero-order chi connectivity index (χ0) is 9.97. The molecule has 1 aliphatic rings. The largest absolute Gasteiger partial charge is 0.330 e. The Hall–Kier alpha value is -0.930. The van der Waals surface area contributed by atoms with Crippen LogP contribution in [0.2, 0.25) is 0 Å². The molecule has 76 valence electrons. The molecule has 2 N–H and O–H groups in total. The van der Waals surface area contributed by atoms with E-state index in [0.717, 1.165) is 19.6 Å². The smallest absolute Gasteiger partial charge is 0.0303 e. The standard InChI is InChI=1S/C11H17N3/c1-14-7-10(5-12)11(8-14)9-3-2-4-13-6-9/h2-4,6,10-11H,5,7-8,12H2,1H3. The summed E-state index contributed by atoms with van der Waals surface area (Å²) in [7, 11) is 2.15. The topological polar surface area (TPSA) is 42.1 Å². The quantitative estimate of drug-likeness (QED) is 0.747. The number of likely N-dealkylation sites (N-methyl/N-ethyl adjacent to an activating group) is 1. The van der Waals surface area contributed by atoms with Crippen LogP contribution in [0.4, 0.5) is 0 Å². The highest BCUT2D eigenvalue weighted by molar-refractivity contribution is 5.18. The van der Waals surface area contributed by atoms with Gasteiger partial charge in [0.1, 0.15) is 0 Å². The van der Waals surface area contributed by atoms with Crippen LogP contribution in [0.5, 0.6) is 0 Å². The van der Waals surface area contributed by atoms with E-state index in [2.05, 4.69) is 23.0 Å². The first-order chi connectivity index (χ1) is 6.81. The highest BCUT2D eigenvalue weighted by Gasteiger charge is 2.30. The molecule has 0 bridgehead atoms. The van der Waals surface area contributed by atoms with Crippen LogP contribution in [0.15, 0.2) is 24.5 Å². The van der Waals surface area contributed by atoms with Crippen molar-refractivity contribution in [2.45, 2.75) is 5.92 Å². The second kappa shape index (κ2) is 4.07. The Morgan fingerprint density at radius 1 is 1.57 bits per heavy atom. The van der Waals surface area contributed by atoms with Crippen molar-refractivity contribution in [1.29, 1.82) is 0 Å². The summed E-state index contributed by atoms with van der Waals surface area (Å²) in [6, 6.07) is 4.15. The Balaban J connectivity index is 2.18. The predicted molar refractivity (Wildman–Crippen MR) is 57.0 cm³/mol. The first-order valence-electron chi connectivity index (χ1n) is 5.10. The van der Waals surface area contributed by atoms with Crippen LogP contribution in [0, 0.1) is 5.92 Å². The minimum atomic E-state index is 0.568. The zero-order valence-corrected chi connectivity index (χ0v) is 8.56. The molecular formula is C11H17N3. The van der Waals surface area contributed by atoms with Gasteiger partial charge >= 0.3 is 0 Å². The van der Waals surface area contributed by atoms with E-state index in [0.29, 0.717) is 11.8 Å². The fourth-order valence-corrected chi connectivity index (χ4v) is 2.30. The maximum Gasteiger partial charge on any atom is 0.0303 e. The molecule has 2 atom stereocenters. The summed E-state index contributed by atoms with van der Waals surface area (Å²) >= 11 is 0. The number of hydrogen-bond acceptors (Lipinski definition) is 3. The zero-order valence-electron chi connectivity index (χ0n) is 8.56. The number of pyridine rings is 1. The second-order valence-corrected chi connectivity index (χ2v) is 4.11. The molecule has 2 rings (SSSR count). The molecule has 2 unspecified atom stereocenters. The molecule has 1 aliphatic heterocycles. The van der Waals surface area contributed by atoms with E-state index in [9.17, 15) is 0 Å². The maximum absolute atomic E-state index is 5.78. The lowest BCUT2D eigenvalue weighted by Gasteiger charge is -2.15. The SMILES string of the molecule is CN1CC(CN)C(c2cccnc2)C1. The minimum absolute atomic E-state index is 0.568. The van der Waals surface area contributed by atoms with Gasteiger partial charge in [-0.15, -0.1) is 0 Å². The lowest BCUT2D eigenvalue weighted by Crippen LogP contribution is -2.21. The Labute approximate surface area is 84.9 Å². The van der Waals surface area contributed by atoms with Gasteiger partial charge in [-0.3, -0.25) is 4.98 Å². The van der Waals surface area contributed by atoms with E-state index in [4.69, 9.17) is 5.73 Å². The van der Waals surface area contributed by atoms with Crippen molar-refractivity contribution in [1.82, 2.24) is 9.88 Å². The highest BCUT2D eigenvalue weighted by atomic mass is 15.1. The number of nitrogens with zero attached hydrogens (tertiary/aromatic N) is 2. The van der Waals surface area contributed by atoms with Crippen molar-refractivity contribution >= 4 is 0 Å². The molecule has 14 heavy (non-hydrogen) atoms. The van der Waals surface area contributed by atoms with Crippen LogP contribution in [-0.4, -0.2) is 36.6 Å². The van der Waals surface area contributed by atoms with Gasteiger partial charge in [0.25, 0.3) is 0 Å². The van der Waals surface area contributed by atoms with Crippen molar-refractivity contribution < 1.29 is 0 Å². The van der Waals surface area contributed by atoms with Crippen LogP contribution in [0.3, 0.4) is 0 Å². The molecule has 1 aromatic rings. The van der Waals surface area contributed by atoms with Crippen molar-refractivity contribution in [3.8, 4) is 0 Å². The van der Waals surface area contributed by atoms with E-state index in [1.54, 1.807) is 0 Å². The molecular weight excluding hydrogens is 174 g/mol. The Bertz CT molecular complexity index is 286. The van der Waals surface area contributed by atoms with Crippen LogP contribution in [0.25, 0.3) is 0 Å². The molecule has 0 spiro atoms. The number of likely N-dealkylation sites (tertiary alicyclic amines) is 1. The summed E-state index contributed by atoms with van der Waals surface area (Å²) in [5, 5.41) is 0. The van der Waals surface area contributed by atoms with Gasteiger partial charge < -0.3 is 10.6 Å². The van der Waals surface area contributed by atoms with E-state index in [1.807, 2.05) is 18.5 Å². The van der Waals surface area contributed by atoms with Gasteiger partial charge in [-0.05, 0) is 31.1 Å². The van der Waals surface area contributed by atoms with Crippen molar-refractivity contribution in [2.24, 2.45) is 11.7 Å². The normalized spacial score (nSPS) is 28.1. The van der Waals surface area contributed by atoms with Crippen LogP contribution >= 0.6 is 0 Å². The summed E-state index contributed by atoms with van der Waals surface area (Å²) < 4.78 is 0. The molecule has 2 heterocycles. The third kappa shape index (κ3) is 1.79. The van der Waals surface area contributed by atoms with Crippen LogP contribution in [0.1, 0.15) is 11.5 Å². The summed E-state index contributed by atoms with van der Waals surface area (Å²) in [6.45, 7) is 2.98. The van der Waals surface area contributed by atoms with E-state index >= 15 is 0 Å². The average Bonchev–Trinajstić information content (AvgIpc) is 2.61. The lowest BCUT2D eigenvalue weighted by molar-refractivity contribution is 0.397. The molecule has 1 aromatic heterocycles. The third-order valence-corrected chi connectivity index (χ3v) is 3.04. The first-order valence-corrected chi connectivity index (χ1v) is 5.10. The molecule has 0 radical (unpaired) electrons. The van der Waals surface area contributed by atoms with E-state index < -0.39 is 0 Å².